The second-order valence-electron chi connectivity index (χ2n) is 5.04. The molecule has 0 amide bonds. The van der Waals surface area contributed by atoms with E-state index in [0.29, 0.717) is 24.6 Å². The van der Waals surface area contributed by atoms with E-state index in [4.69, 9.17) is 5.11 Å². The van der Waals surface area contributed by atoms with Crippen molar-refractivity contribution in [2.75, 3.05) is 13.1 Å². The van der Waals surface area contributed by atoms with Gasteiger partial charge in [0, 0.05) is 13.1 Å². The molecular formula is C13H17NO4S. The Bertz CT molecular complexity index is 609. The van der Waals surface area contributed by atoms with E-state index in [1.807, 2.05) is 6.92 Å². The van der Waals surface area contributed by atoms with Crippen molar-refractivity contribution in [1.29, 1.82) is 0 Å². The molecule has 2 rings (SSSR count). The van der Waals surface area contributed by atoms with Crippen LogP contribution in [0.25, 0.3) is 0 Å². The van der Waals surface area contributed by atoms with Crippen LogP contribution in [-0.2, 0) is 10.0 Å². The number of hydrogen-bond acceptors (Lipinski definition) is 3. The molecule has 1 aromatic rings. The third-order valence-electron chi connectivity index (χ3n) is 3.46. The summed E-state index contributed by atoms with van der Waals surface area (Å²) in [5.74, 6) is -0.761. The van der Waals surface area contributed by atoms with Gasteiger partial charge in [-0.25, -0.2) is 13.2 Å². The Balaban J connectivity index is 2.41. The number of rotatable bonds is 3. The van der Waals surface area contributed by atoms with Gasteiger partial charge in [0.15, 0.2) is 0 Å². The van der Waals surface area contributed by atoms with Crippen LogP contribution in [0.5, 0.6) is 0 Å². The van der Waals surface area contributed by atoms with E-state index >= 15 is 0 Å². The summed E-state index contributed by atoms with van der Waals surface area (Å²) < 4.78 is 26.2. The van der Waals surface area contributed by atoms with Crippen molar-refractivity contribution in [1.82, 2.24) is 4.31 Å². The minimum Gasteiger partial charge on any atom is -0.478 e. The van der Waals surface area contributed by atoms with Crippen LogP contribution < -0.4 is 0 Å². The summed E-state index contributed by atoms with van der Waals surface area (Å²) in [6.45, 7) is 4.66. The lowest BCUT2D eigenvalue weighted by Gasteiger charge is -2.16. The number of benzene rings is 1. The van der Waals surface area contributed by atoms with Gasteiger partial charge in [-0.1, -0.05) is 13.0 Å². The predicted molar refractivity (Wildman–Crippen MR) is 70.7 cm³/mol. The van der Waals surface area contributed by atoms with Crippen molar-refractivity contribution in [2.24, 2.45) is 5.92 Å². The molecule has 1 atom stereocenters. The molecule has 1 aliphatic heterocycles. The summed E-state index contributed by atoms with van der Waals surface area (Å²) in [4.78, 5) is 11.1. The number of nitrogens with zero attached hydrogens (tertiary/aromatic N) is 1. The number of carboxylic acids is 1. The van der Waals surface area contributed by atoms with E-state index in [1.54, 1.807) is 6.92 Å². The molecule has 0 aliphatic carbocycles. The molecule has 0 radical (unpaired) electrons. The molecule has 1 fully saturated rings. The van der Waals surface area contributed by atoms with Crippen LogP contribution in [0.3, 0.4) is 0 Å². The highest BCUT2D eigenvalue weighted by Crippen LogP contribution is 2.25. The van der Waals surface area contributed by atoms with Gasteiger partial charge in [-0.05, 0) is 37.0 Å². The summed E-state index contributed by atoms with van der Waals surface area (Å²) in [6.07, 6.45) is 0.844. The van der Waals surface area contributed by atoms with Crippen molar-refractivity contribution < 1.29 is 18.3 Å². The normalized spacial score (nSPS) is 20.6. The number of sulfonamides is 1. The van der Waals surface area contributed by atoms with Crippen LogP contribution in [0.4, 0.5) is 0 Å². The fraction of sp³-hybridized carbons (Fsp3) is 0.462. The zero-order valence-corrected chi connectivity index (χ0v) is 11.8. The van der Waals surface area contributed by atoms with Gasteiger partial charge in [0.25, 0.3) is 0 Å². The number of aromatic carboxylic acids is 1. The third kappa shape index (κ3) is 2.64. The fourth-order valence-corrected chi connectivity index (χ4v) is 3.86. The molecule has 104 valence electrons. The number of hydrogen-bond donors (Lipinski definition) is 1. The summed E-state index contributed by atoms with van der Waals surface area (Å²) in [6, 6.07) is 4.26. The van der Waals surface area contributed by atoms with Gasteiger partial charge in [-0.2, -0.15) is 4.31 Å². The summed E-state index contributed by atoms with van der Waals surface area (Å²) in [5, 5.41) is 9.05. The molecule has 1 heterocycles. The number of carbonyl (C=O) groups is 1. The molecule has 1 aromatic carbocycles. The maximum atomic E-state index is 12.4. The summed E-state index contributed by atoms with van der Waals surface area (Å²) in [5.41, 5.74) is 0.592. The van der Waals surface area contributed by atoms with Crippen molar-refractivity contribution in [2.45, 2.75) is 25.2 Å². The monoisotopic (exact) mass is 283 g/mol. The zero-order chi connectivity index (χ0) is 14.2. The predicted octanol–water partition coefficient (Wildman–Crippen LogP) is 1.72. The third-order valence-corrected chi connectivity index (χ3v) is 5.32. The zero-order valence-electron chi connectivity index (χ0n) is 11.0. The lowest BCUT2D eigenvalue weighted by Crippen LogP contribution is -2.28. The molecule has 0 saturated carbocycles. The highest BCUT2D eigenvalue weighted by atomic mass is 32.2. The summed E-state index contributed by atoms with van der Waals surface area (Å²) in [7, 11) is -3.57. The first-order valence-electron chi connectivity index (χ1n) is 6.16. The van der Waals surface area contributed by atoms with Gasteiger partial charge >= 0.3 is 5.97 Å². The lowest BCUT2D eigenvalue weighted by atomic mass is 10.1. The van der Waals surface area contributed by atoms with E-state index in [0.717, 1.165) is 6.42 Å². The maximum absolute atomic E-state index is 12.4. The molecule has 6 heteroatoms. The topological polar surface area (TPSA) is 74.7 Å². The Hall–Kier alpha value is -1.40. The van der Waals surface area contributed by atoms with Crippen molar-refractivity contribution >= 4 is 16.0 Å². The highest BCUT2D eigenvalue weighted by Gasteiger charge is 2.31. The molecule has 5 nitrogen and oxygen atoms in total. The largest absolute Gasteiger partial charge is 0.478 e. The van der Waals surface area contributed by atoms with E-state index in [2.05, 4.69) is 0 Å². The Morgan fingerprint density at radius 3 is 2.63 bits per heavy atom. The Kier molecular flexibility index (Phi) is 3.64. The van der Waals surface area contributed by atoms with Crippen molar-refractivity contribution in [3.63, 3.8) is 0 Å². The lowest BCUT2D eigenvalue weighted by molar-refractivity contribution is 0.0696. The van der Waals surface area contributed by atoms with Gasteiger partial charge < -0.3 is 5.11 Å². The first kappa shape index (κ1) is 14.0. The van der Waals surface area contributed by atoms with Gasteiger partial charge in [-0.3, -0.25) is 0 Å². The quantitative estimate of drug-likeness (QED) is 0.916. The molecular weight excluding hydrogens is 266 g/mol. The second kappa shape index (κ2) is 4.94. The molecule has 0 spiro atoms. The van der Waals surface area contributed by atoms with Crippen LogP contribution >= 0.6 is 0 Å². The van der Waals surface area contributed by atoms with Crippen LogP contribution in [0.2, 0.25) is 0 Å². The molecule has 0 aromatic heterocycles. The van der Waals surface area contributed by atoms with Crippen LogP contribution in [0.15, 0.2) is 23.1 Å². The van der Waals surface area contributed by atoms with Crippen molar-refractivity contribution in [3.05, 3.63) is 29.3 Å². The van der Waals surface area contributed by atoms with Crippen LogP contribution in [0.1, 0.15) is 29.3 Å². The van der Waals surface area contributed by atoms with Crippen molar-refractivity contribution in [3.8, 4) is 0 Å². The van der Waals surface area contributed by atoms with E-state index in [-0.39, 0.29) is 10.5 Å². The van der Waals surface area contributed by atoms with Gasteiger partial charge in [0.1, 0.15) is 0 Å². The average Bonchev–Trinajstić information content (AvgIpc) is 2.76. The first-order valence-corrected chi connectivity index (χ1v) is 7.60. The summed E-state index contributed by atoms with van der Waals surface area (Å²) >= 11 is 0. The highest BCUT2D eigenvalue weighted by molar-refractivity contribution is 7.89. The molecule has 19 heavy (non-hydrogen) atoms. The van der Waals surface area contributed by atoms with Gasteiger partial charge in [0.2, 0.25) is 10.0 Å². The molecule has 0 bridgehead atoms. The average molecular weight is 283 g/mol. The minimum atomic E-state index is -3.57. The molecule has 1 unspecified atom stereocenters. The minimum absolute atomic E-state index is 0.0355. The number of carboxylic acid groups (broad SMARTS) is 1. The molecule has 1 saturated heterocycles. The van der Waals surface area contributed by atoms with Crippen LogP contribution in [-0.4, -0.2) is 36.9 Å². The van der Waals surface area contributed by atoms with E-state index in [1.165, 1.54) is 22.5 Å². The van der Waals surface area contributed by atoms with Crippen LogP contribution in [0, 0.1) is 12.8 Å². The first-order chi connectivity index (χ1) is 8.82. The number of aryl methyl sites for hydroxylation is 1. The van der Waals surface area contributed by atoms with E-state index in [9.17, 15) is 13.2 Å². The second-order valence-corrected chi connectivity index (χ2v) is 6.98. The Labute approximate surface area is 112 Å². The fourth-order valence-electron chi connectivity index (χ4n) is 2.25. The SMILES string of the molecule is Cc1ccc(S(=O)(=O)N2CCC(C)C2)cc1C(=O)O. The molecule has 1 aliphatic rings. The maximum Gasteiger partial charge on any atom is 0.335 e. The van der Waals surface area contributed by atoms with Gasteiger partial charge in [0.05, 0.1) is 10.5 Å². The standard InChI is InChI=1S/C13H17NO4S/c1-9-5-6-14(8-9)19(17,18)11-4-3-10(2)12(7-11)13(15)16/h3-4,7,9H,5-6,8H2,1-2H3,(H,15,16). The smallest absolute Gasteiger partial charge is 0.335 e. The molecule has 1 N–H and O–H groups in total. The van der Waals surface area contributed by atoms with E-state index < -0.39 is 16.0 Å². The Morgan fingerprint density at radius 2 is 2.11 bits per heavy atom. The Morgan fingerprint density at radius 1 is 1.42 bits per heavy atom. The van der Waals surface area contributed by atoms with Gasteiger partial charge in [-0.15, -0.1) is 0 Å².